The predicted molar refractivity (Wildman–Crippen MR) is 131 cm³/mol. The van der Waals surface area contributed by atoms with Crippen LogP contribution >= 0.6 is 11.3 Å². The first-order valence-electron chi connectivity index (χ1n) is 11.2. The lowest BCUT2D eigenvalue weighted by atomic mass is 10.1. The Hall–Kier alpha value is -3.80. The number of nitrogens with two attached hydrogens (primary N) is 1. The molecule has 3 amide bonds. The maximum Gasteiger partial charge on any atom is 0.271 e. The van der Waals surface area contributed by atoms with E-state index in [9.17, 15) is 23.2 Å². The van der Waals surface area contributed by atoms with Crippen molar-refractivity contribution < 1.29 is 27.9 Å². The van der Waals surface area contributed by atoms with Crippen molar-refractivity contribution in [3.8, 4) is 5.75 Å². The lowest BCUT2D eigenvalue weighted by molar-refractivity contribution is -0.138. The first-order chi connectivity index (χ1) is 17.2. The zero-order chi connectivity index (χ0) is 26.1. The zero-order valence-electron chi connectivity index (χ0n) is 19.4. The van der Waals surface area contributed by atoms with Crippen LogP contribution in [0.1, 0.15) is 29.7 Å². The van der Waals surface area contributed by atoms with Gasteiger partial charge in [0.05, 0.1) is 19.7 Å². The van der Waals surface area contributed by atoms with E-state index in [4.69, 9.17) is 15.9 Å². The Kier molecular flexibility index (Phi) is 9.51. The van der Waals surface area contributed by atoms with Crippen molar-refractivity contribution in [1.82, 2.24) is 15.5 Å². The largest absolute Gasteiger partial charge is 0.494 e. The number of likely N-dealkylation sites (tertiary alicyclic amines) is 1. The van der Waals surface area contributed by atoms with Gasteiger partial charge < -0.3 is 26.0 Å². The molecule has 0 bridgehead atoms. The van der Waals surface area contributed by atoms with Crippen molar-refractivity contribution in [3.05, 3.63) is 63.9 Å². The van der Waals surface area contributed by atoms with Gasteiger partial charge in [-0.05, 0) is 24.6 Å². The summed E-state index contributed by atoms with van der Waals surface area (Å²) in [6.45, 7) is -0.361. The van der Waals surface area contributed by atoms with Crippen LogP contribution in [0.2, 0.25) is 0 Å². The van der Waals surface area contributed by atoms with Gasteiger partial charge in [-0.25, -0.2) is 0 Å². The van der Waals surface area contributed by atoms with Gasteiger partial charge in [-0.3, -0.25) is 19.8 Å². The molecule has 1 saturated heterocycles. The highest BCUT2D eigenvalue weighted by Gasteiger charge is 2.38. The molecular weight excluding hydrogens is 492 g/mol. The Morgan fingerprint density at radius 2 is 1.94 bits per heavy atom. The van der Waals surface area contributed by atoms with E-state index >= 15 is 0 Å². The Labute approximate surface area is 210 Å². The van der Waals surface area contributed by atoms with Crippen LogP contribution in [-0.4, -0.2) is 54.2 Å². The minimum atomic E-state index is -1.92. The van der Waals surface area contributed by atoms with Gasteiger partial charge in [0.1, 0.15) is 17.6 Å². The van der Waals surface area contributed by atoms with Gasteiger partial charge in [0.15, 0.2) is 0 Å². The molecule has 2 aromatic rings. The Morgan fingerprint density at radius 1 is 1.19 bits per heavy atom. The van der Waals surface area contributed by atoms with Gasteiger partial charge in [-0.2, -0.15) is 8.78 Å². The quantitative estimate of drug-likeness (QED) is 0.205. The molecule has 12 heteroatoms. The minimum Gasteiger partial charge on any atom is -0.494 e. The number of amides is 3. The van der Waals surface area contributed by atoms with Gasteiger partial charge in [-0.15, -0.1) is 11.3 Å². The van der Waals surface area contributed by atoms with E-state index in [1.54, 1.807) is 23.6 Å². The van der Waals surface area contributed by atoms with Gasteiger partial charge in [0.2, 0.25) is 17.7 Å². The number of carbonyl (C=O) groups is 3. The Bertz CT molecular complexity index is 1130. The summed E-state index contributed by atoms with van der Waals surface area (Å²) in [7, 11) is 0. The summed E-state index contributed by atoms with van der Waals surface area (Å²) in [4.78, 5) is 39.3. The van der Waals surface area contributed by atoms with E-state index in [1.165, 1.54) is 11.3 Å². The molecule has 1 atom stereocenters. The number of thiophene rings is 1. The predicted octanol–water partition coefficient (Wildman–Crippen LogP) is 2.38. The van der Waals surface area contributed by atoms with Crippen LogP contribution in [0.4, 0.5) is 8.78 Å². The maximum atomic E-state index is 13.3. The van der Waals surface area contributed by atoms with Crippen LogP contribution < -0.4 is 21.1 Å². The van der Waals surface area contributed by atoms with E-state index in [1.807, 2.05) is 18.2 Å². The molecule has 2 heterocycles. The molecule has 1 aliphatic heterocycles. The summed E-state index contributed by atoms with van der Waals surface area (Å²) >= 11 is 1.29. The number of hydrogen-bond acceptors (Lipinski definition) is 6. The number of halogens is 2. The van der Waals surface area contributed by atoms with Crippen molar-refractivity contribution in [2.75, 3.05) is 19.7 Å². The van der Waals surface area contributed by atoms with Crippen molar-refractivity contribution >= 4 is 34.9 Å². The van der Waals surface area contributed by atoms with E-state index in [0.717, 1.165) is 9.78 Å². The standard InChI is InChI=1S/C24H27F2N5O4S/c25-22(26)15-10-19(24(34)30-11-18-9-16(14-36-18)23(27)28)31(13-15)21(33)12-29-20(32)7-4-8-35-17-5-2-1-3-6-17/h1-3,5-6,9,14,19H,4,7-8,10-13H2,(H3,27,28)(H,29,32)(H,30,34)/t19-/m0/s1. The SMILES string of the molecule is N=C(N)c1csc(CNC(=O)[C@@H]2CC(=C(F)F)CN2C(=O)CNC(=O)CCCOc2ccccc2)c1. The lowest BCUT2D eigenvalue weighted by Gasteiger charge is -2.23. The summed E-state index contributed by atoms with van der Waals surface area (Å²) in [6.07, 6.45) is -1.65. The molecule has 36 heavy (non-hydrogen) atoms. The van der Waals surface area contributed by atoms with E-state index in [-0.39, 0.29) is 43.2 Å². The molecule has 1 aliphatic rings. The summed E-state index contributed by atoms with van der Waals surface area (Å²) in [5.74, 6) is -1.01. The molecule has 1 aromatic carbocycles. The molecule has 9 nitrogen and oxygen atoms in total. The van der Waals surface area contributed by atoms with Gasteiger partial charge in [0.25, 0.3) is 6.08 Å². The van der Waals surface area contributed by atoms with Crippen LogP contribution in [0.5, 0.6) is 5.75 Å². The molecular formula is C24H27F2N5O4S. The van der Waals surface area contributed by atoms with Gasteiger partial charge >= 0.3 is 0 Å². The number of amidine groups is 1. The summed E-state index contributed by atoms with van der Waals surface area (Å²) in [6, 6.07) is 9.67. The molecule has 5 N–H and O–H groups in total. The third-order valence-electron chi connectivity index (χ3n) is 5.47. The Morgan fingerprint density at radius 3 is 2.61 bits per heavy atom. The highest BCUT2D eigenvalue weighted by molar-refractivity contribution is 7.10. The average Bonchev–Trinajstić information content (AvgIpc) is 3.52. The number of ether oxygens (including phenoxy) is 1. The smallest absolute Gasteiger partial charge is 0.271 e. The number of nitrogens with zero attached hydrogens (tertiary/aromatic N) is 1. The van der Waals surface area contributed by atoms with Gasteiger partial charge in [0, 0.05) is 40.8 Å². The normalized spacial score (nSPS) is 14.9. The number of benzene rings is 1. The molecule has 1 fully saturated rings. The lowest BCUT2D eigenvalue weighted by Crippen LogP contribution is -2.48. The fourth-order valence-corrected chi connectivity index (χ4v) is 4.39. The van der Waals surface area contributed by atoms with Crippen molar-refractivity contribution in [2.45, 2.75) is 31.8 Å². The monoisotopic (exact) mass is 519 g/mol. The number of hydrogen-bond donors (Lipinski definition) is 4. The fourth-order valence-electron chi connectivity index (χ4n) is 3.57. The van der Waals surface area contributed by atoms with Crippen molar-refractivity contribution in [2.24, 2.45) is 5.73 Å². The van der Waals surface area contributed by atoms with Crippen LogP contribution in [0.3, 0.4) is 0 Å². The Balaban J connectivity index is 1.48. The summed E-state index contributed by atoms with van der Waals surface area (Å²) in [5, 5.41) is 14.2. The molecule has 3 rings (SSSR count). The molecule has 0 unspecified atom stereocenters. The molecule has 0 saturated carbocycles. The first-order valence-corrected chi connectivity index (χ1v) is 12.1. The van der Waals surface area contributed by atoms with Crippen molar-refractivity contribution in [1.29, 1.82) is 5.41 Å². The number of nitrogen functional groups attached to an aromatic ring is 1. The maximum absolute atomic E-state index is 13.3. The summed E-state index contributed by atoms with van der Waals surface area (Å²) < 4.78 is 32.0. The molecule has 0 radical (unpaired) electrons. The first kappa shape index (κ1) is 26.8. The third-order valence-corrected chi connectivity index (χ3v) is 6.40. The van der Waals surface area contributed by atoms with E-state index < -0.39 is 30.5 Å². The molecule has 192 valence electrons. The molecule has 0 aliphatic carbocycles. The highest BCUT2D eigenvalue weighted by atomic mass is 32.1. The second kappa shape index (κ2) is 12.8. The zero-order valence-corrected chi connectivity index (χ0v) is 20.2. The minimum absolute atomic E-state index is 0.102. The van der Waals surface area contributed by atoms with Crippen LogP contribution in [0.15, 0.2) is 53.4 Å². The topological polar surface area (TPSA) is 138 Å². The molecule has 0 spiro atoms. The third kappa shape index (κ3) is 7.60. The second-order valence-corrected chi connectivity index (χ2v) is 9.08. The van der Waals surface area contributed by atoms with Crippen LogP contribution in [-0.2, 0) is 20.9 Å². The summed E-state index contributed by atoms with van der Waals surface area (Å²) in [5.41, 5.74) is 5.66. The van der Waals surface area contributed by atoms with E-state index in [0.29, 0.717) is 24.3 Å². The van der Waals surface area contributed by atoms with Crippen LogP contribution in [0, 0.1) is 5.41 Å². The van der Waals surface area contributed by atoms with E-state index in [2.05, 4.69) is 10.6 Å². The molecule has 1 aromatic heterocycles. The second-order valence-electron chi connectivity index (χ2n) is 8.08. The number of carbonyl (C=O) groups excluding carboxylic acids is 3. The van der Waals surface area contributed by atoms with Crippen molar-refractivity contribution in [3.63, 3.8) is 0 Å². The van der Waals surface area contributed by atoms with Gasteiger partial charge in [-0.1, -0.05) is 18.2 Å². The van der Waals surface area contributed by atoms with Crippen LogP contribution in [0.25, 0.3) is 0 Å². The fraction of sp³-hybridized carbons (Fsp3) is 0.333. The number of nitrogens with one attached hydrogen (secondary N) is 3. The highest BCUT2D eigenvalue weighted by Crippen LogP contribution is 2.27. The average molecular weight is 520 g/mol. The number of para-hydroxylation sites is 1. The number of rotatable bonds is 11.